The molecule has 0 bridgehead atoms. The second kappa shape index (κ2) is 9.48. The first-order chi connectivity index (χ1) is 13.1. The summed E-state index contributed by atoms with van der Waals surface area (Å²) in [4.78, 5) is 12.2. The first kappa shape index (κ1) is 19.3. The predicted octanol–water partition coefficient (Wildman–Crippen LogP) is 4.09. The first-order valence-electron chi connectivity index (χ1n) is 8.40. The van der Waals surface area contributed by atoms with Crippen LogP contribution in [0.15, 0.2) is 58.9 Å². The lowest BCUT2D eigenvalue weighted by Gasteiger charge is -2.10. The summed E-state index contributed by atoms with van der Waals surface area (Å²) >= 11 is 2.79. The fourth-order valence-electron chi connectivity index (χ4n) is 2.24. The Morgan fingerprint density at radius 3 is 2.52 bits per heavy atom. The van der Waals surface area contributed by atoms with Crippen LogP contribution >= 0.6 is 23.1 Å². The molecule has 27 heavy (non-hydrogen) atoms. The zero-order valence-electron chi connectivity index (χ0n) is 14.7. The SMILES string of the molecule is CC(Sc1nnc(NCc2ccccc2)s1)C(=O)NCc1ccc(F)cc1. The number of nitrogens with zero attached hydrogens (tertiary/aromatic N) is 2. The normalized spacial score (nSPS) is 11.8. The van der Waals surface area contributed by atoms with E-state index in [2.05, 4.69) is 20.8 Å². The number of halogens is 1. The number of benzene rings is 2. The van der Waals surface area contributed by atoms with Crippen LogP contribution in [0.2, 0.25) is 0 Å². The van der Waals surface area contributed by atoms with E-state index >= 15 is 0 Å². The molecule has 1 aromatic heterocycles. The second-order valence-corrected chi connectivity index (χ2v) is 8.38. The Balaban J connectivity index is 1.45. The number of aromatic nitrogens is 2. The van der Waals surface area contributed by atoms with E-state index in [0.29, 0.717) is 13.1 Å². The van der Waals surface area contributed by atoms with Crippen LogP contribution in [0.3, 0.4) is 0 Å². The number of thioether (sulfide) groups is 1. The number of hydrogen-bond donors (Lipinski definition) is 2. The van der Waals surface area contributed by atoms with Gasteiger partial charge in [0.2, 0.25) is 11.0 Å². The van der Waals surface area contributed by atoms with Crippen molar-refractivity contribution in [1.82, 2.24) is 15.5 Å². The Bertz CT molecular complexity index is 871. The van der Waals surface area contributed by atoms with Crippen LogP contribution in [0, 0.1) is 5.82 Å². The Morgan fingerprint density at radius 2 is 1.78 bits per heavy atom. The average Bonchev–Trinajstić information content (AvgIpc) is 3.14. The molecule has 0 spiro atoms. The molecule has 0 saturated carbocycles. The molecule has 1 heterocycles. The van der Waals surface area contributed by atoms with E-state index in [1.54, 1.807) is 12.1 Å². The molecule has 0 aliphatic heterocycles. The van der Waals surface area contributed by atoms with Crippen LogP contribution in [0.1, 0.15) is 18.1 Å². The van der Waals surface area contributed by atoms with E-state index in [9.17, 15) is 9.18 Å². The summed E-state index contributed by atoms with van der Waals surface area (Å²) in [6.07, 6.45) is 0. The number of rotatable bonds is 8. The molecule has 1 unspecified atom stereocenters. The lowest BCUT2D eigenvalue weighted by atomic mass is 10.2. The minimum absolute atomic E-state index is 0.0988. The van der Waals surface area contributed by atoms with Gasteiger partial charge in [-0.15, -0.1) is 10.2 Å². The van der Waals surface area contributed by atoms with Crippen molar-refractivity contribution in [3.8, 4) is 0 Å². The molecule has 2 N–H and O–H groups in total. The van der Waals surface area contributed by atoms with Gasteiger partial charge >= 0.3 is 0 Å². The molecule has 2 aromatic carbocycles. The third kappa shape index (κ3) is 6.04. The van der Waals surface area contributed by atoms with Crippen molar-refractivity contribution in [1.29, 1.82) is 0 Å². The Labute approximate surface area is 165 Å². The van der Waals surface area contributed by atoms with E-state index < -0.39 is 0 Å². The van der Waals surface area contributed by atoms with Crippen molar-refractivity contribution >= 4 is 34.1 Å². The van der Waals surface area contributed by atoms with E-state index in [0.717, 1.165) is 20.6 Å². The largest absolute Gasteiger partial charge is 0.356 e. The summed E-state index contributed by atoms with van der Waals surface area (Å²) in [7, 11) is 0. The van der Waals surface area contributed by atoms with Gasteiger partial charge in [0.15, 0.2) is 4.34 Å². The highest BCUT2D eigenvalue weighted by atomic mass is 32.2. The molecule has 1 amide bonds. The first-order valence-corrected chi connectivity index (χ1v) is 10.1. The lowest BCUT2D eigenvalue weighted by molar-refractivity contribution is -0.120. The van der Waals surface area contributed by atoms with Crippen molar-refractivity contribution in [3.63, 3.8) is 0 Å². The van der Waals surface area contributed by atoms with Gasteiger partial charge in [-0.3, -0.25) is 4.79 Å². The third-order valence-electron chi connectivity index (χ3n) is 3.72. The summed E-state index contributed by atoms with van der Waals surface area (Å²) in [5, 5.41) is 14.7. The van der Waals surface area contributed by atoms with E-state index in [-0.39, 0.29) is 17.0 Å². The van der Waals surface area contributed by atoms with Crippen molar-refractivity contribution < 1.29 is 9.18 Å². The number of carbonyl (C=O) groups is 1. The van der Waals surface area contributed by atoms with Crippen molar-refractivity contribution in [3.05, 3.63) is 71.5 Å². The van der Waals surface area contributed by atoms with Gasteiger partial charge in [-0.05, 0) is 30.2 Å². The summed E-state index contributed by atoms with van der Waals surface area (Å²) in [6.45, 7) is 2.86. The van der Waals surface area contributed by atoms with E-state index in [4.69, 9.17) is 0 Å². The molecular formula is C19H19FN4OS2. The number of anilines is 1. The van der Waals surface area contributed by atoms with Gasteiger partial charge in [0.25, 0.3) is 0 Å². The van der Waals surface area contributed by atoms with Crippen molar-refractivity contribution in [2.75, 3.05) is 5.32 Å². The van der Waals surface area contributed by atoms with Crippen LogP contribution in [0.25, 0.3) is 0 Å². The average molecular weight is 403 g/mol. The zero-order chi connectivity index (χ0) is 19.1. The number of amides is 1. The maximum absolute atomic E-state index is 12.9. The Kier molecular flexibility index (Phi) is 6.78. The number of carbonyl (C=O) groups excluding carboxylic acids is 1. The maximum atomic E-state index is 12.9. The quantitative estimate of drug-likeness (QED) is 0.556. The topological polar surface area (TPSA) is 66.9 Å². The molecule has 1 atom stereocenters. The van der Waals surface area contributed by atoms with Crippen LogP contribution < -0.4 is 10.6 Å². The lowest BCUT2D eigenvalue weighted by Crippen LogP contribution is -2.30. The van der Waals surface area contributed by atoms with Gasteiger partial charge in [-0.1, -0.05) is 65.6 Å². The molecule has 8 heteroatoms. The van der Waals surface area contributed by atoms with E-state index in [1.807, 2.05) is 37.3 Å². The van der Waals surface area contributed by atoms with Gasteiger partial charge in [-0.2, -0.15) is 0 Å². The molecule has 3 aromatic rings. The Morgan fingerprint density at radius 1 is 1.07 bits per heavy atom. The summed E-state index contributed by atoms with van der Waals surface area (Å²) in [5.74, 6) is -0.389. The van der Waals surface area contributed by atoms with Crippen LogP contribution in [-0.4, -0.2) is 21.4 Å². The molecule has 140 valence electrons. The predicted molar refractivity (Wildman–Crippen MR) is 107 cm³/mol. The molecule has 0 aliphatic carbocycles. The number of hydrogen-bond acceptors (Lipinski definition) is 6. The van der Waals surface area contributed by atoms with Crippen LogP contribution in [-0.2, 0) is 17.9 Å². The summed E-state index contributed by atoms with van der Waals surface area (Å²) in [6, 6.07) is 16.1. The van der Waals surface area contributed by atoms with Gasteiger partial charge in [0.05, 0.1) is 5.25 Å². The maximum Gasteiger partial charge on any atom is 0.233 e. The minimum atomic E-state index is -0.305. The molecular weight excluding hydrogens is 383 g/mol. The molecule has 0 aliphatic rings. The number of nitrogens with one attached hydrogen (secondary N) is 2. The standard InChI is InChI=1S/C19H19FN4OS2/c1-13(17(25)21-11-15-7-9-16(20)10-8-15)26-19-24-23-18(27-19)22-12-14-5-3-2-4-6-14/h2-10,13H,11-12H2,1H3,(H,21,25)(H,22,23). The molecule has 3 rings (SSSR count). The molecule has 5 nitrogen and oxygen atoms in total. The van der Waals surface area contributed by atoms with Gasteiger partial charge in [0, 0.05) is 13.1 Å². The summed E-state index contributed by atoms with van der Waals surface area (Å²) < 4.78 is 13.6. The Hall–Kier alpha value is -2.45. The van der Waals surface area contributed by atoms with Gasteiger partial charge in [-0.25, -0.2) is 4.39 Å². The zero-order valence-corrected chi connectivity index (χ0v) is 16.3. The van der Waals surface area contributed by atoms with Crippen LogP contribution in [0.5, 0.6) is 0 Å². The van der Waals surface area contributed by atoms with Crippen molar-refractivity contribution in [2.24, 2.45) is 0 Å². The van der Waals surface area contributed by atoms with Gasteiger partial charge in [0.1, 0.15) is 5.82 Å². The summed E-state index contributed by atoms with van der Waals surface area (Å²) in [5.41, 5.74) is 2.01. The second-order valence-electron chi connectivity index (χ2n) is 5.82. The van der Waals surface area contributed by atoms with Gasteiger partial charge < -0.3 is 10.6 Å². The fourth-order valence-corrected chi connectivity index (χ4v) is 4.16. The molecule has 0 saturated heterocycles. The fraction of sp³-hybridized carbons (Fsp3) is 0.211. The minimum Gasteiger partial charge on any atom is -0.356 e. The highest BCUT2D eigenvalue weighted by Crippen LogP contribution is 2.29. The smallest absolute Gasteiger partial charge is 0.233 e. The van der Waals surface area contributed by atoms with Crippen molar-refractivity contribution in [2.45, 2.75) is 29.6 Å². The highest BCUT2D eigenvalue weighted by Gasteiger charge is 2.17. The van der Waals surface area contributed by atoms with Crippen LogP contribution in [0.4, 0.5) is 9.52 Å². The molecule has 0 radical (unpaired) electrons. The molecule has 0 fully saturated rings. The highest BCUT2D eigenvalue weighted by molar-refractivity contribution is 8.02. The monoisotopic (exact) mass is 402 g/mol. The third-order valence-corrected chi connectivity index (χ3v) is 5.79. The van der Waals surface area contributed by atoms with E-state index in [1.165, 1.54) is 35.2 Å².